The van der Waals surface area contributed by atoms with Gasteiger partial charge in [0.05, 0.1) is 17.1 Å². The Labute approximate surface area is 196 Å². The fraction of sp³-hybridized carbons (Fsp3) is 0.308. The number of phenols is 1. The van der Waals surface area contributed by atoms with Gasteiger partial charge in [-0.15, -0.1) is 0 Å². The summed E-state index contributed by atoms with van der Waals surface area (Å²) in [6.07, 6.45) is 2.50. The average molecular weight is 467 g/mol. The molecule has 0 spiro atoms. The molecule has 3 aromatic rings. The van der Waals surface area contributed by atoms with Crippen molar-refractivity contribution in [2.45, 2.75) is 31.2 Å². The molecule has 1 aliphatic rings. The number of likely N-dealkylation sites (tertiary alicyclic amines) is 1. The van der Waals surface area contributed by atoms with Crippen molar-refractivity contribution in [2.75, 3.05) is 30.5 Å². The molecule has 0 radical (unpaired) electrons. The lowest BCUT2D eigenvalue weighted by Crippen LogP contribution is -2.30. The van der Waals surface area contributed by atoms with Crippen molar-refractivity contribution < 1.29 is 18.3 Å². The van der Waals surface area contributed by atoms with Crippen LogP contribution in [0.25, 0.3) is 0 Å². The van der Waals surface area contributed by atoms with E-state index in [-0.39, 0.29) is 17.2 Å². The number of ether oxygens (including phenoxy) is 1. The molecule has 1 fully saturated rings. The van der Waals surface area contributed by atoms with Gasteiger partial charge in [-0.05, 0) is 86.4 Å². The smallest absolute Gasteiger partial charge is 0.264 e. The summed E-state index contributed by atoms with van der Waals surface area (Å²) in [7, 11) is -3.79. The van der Waals surface area contributed by atoms with Crippen LogP contribution < -0.4 is 9.04 Å². The van der Waals surface area contributed by atoms with Gasteiger partial charge in [0.1, 0.15) is 18.1 Å². The zero-order valence-electron chi connectivity index (χ0n) is 18.9. The molecule has 1 heterocycles. The predicted octanol–water partition coefficient (Wildman–Crippen LogP) is 4.57. The fourth-order valence-electron chi connectivity index (χ4n) is 4.02. The van der Waals surface area contributed by atoms with E-state index in [0.29, 0.717) is 17.9 Å². The van der Waals surface area contributed by atoms with E-state index in [1.54, 1.807) is 67.6 Å². The third-order valence-corrected chi connectivity index (χ3v) is 7.71. The molecule has 1 N–H and O–H groups in total. The minimum atomic E-state index is -3.79. The Balaban J connectivity index is 1.56. The standard InChI is InChI=1S/C26H30N2O4S/c1-21-19-22(9-14-26(21)29)20-28(33(30,31)25-7-3-2-4-8-25)23-10-12-24(13-11-23)32-18-17-27-15-5-6-16-27/h2-4,7-14,19,29H,5-6,15-18,20H2,1H3. The second-order valence-electron chi connectivity index (χ2n) is 8.34. The SMILES string of the molecule is Cc1cc(CN(c2ccc(OCCN3CCCC3)cc2)S(=O)(=O)c2ccccc2)ccc1O. The van der Waals surface area contributed by atoms with Crippen molar-refractivity contribution in [3.63, 3.8) is 0 Å². The molecule has 3 aromatic carbocycles. The quantitative estimate of drug-likeness (QED) is 0.500. The summed E-state index contributed by atoms with van der Waals surface area (Å²) in [5.41, 5.74) is 2.04. The van der Waals surface area contributed by atoms with Crippen LogP contribution in [0.5, 0.6) is 11.5 Å². The maximum atomic E-state index is 13.5. The number of phenolic OH excluding ortho intramolecular Hbond substituents is 1. The van der Waals surface area contributed by atoms with Gasteiger partial charge >= 0.3 is 0 Å². The minimum absolute atomic E-state index is 0.146. The second-order valence-corrected chi connectivity index (χ2v) is 10.2. The van der Waals surface area contributed by atoms with E-state index in [1.807, 2.05) is 12.1 Å². The Kier molecular flexibility index (Phi) is 7.20. The summed E-state index contributed by atoms with van der Waals surface area (Å²) >= 11 is 0. The maximum absolute atomic E-state index is 13.5. The van der Waals surface area contributed by atoms with Crippen LogP contribution in [0.2, 0.25) is 0 Å². The molecule has 0 atom stereocenters. The number of rotatable bonds is 9. The van der Waals surface area contributed by atoms with Crippen molar-refractivity contribution in [3.8, 4) is 11.5 Å². The highest BCUT2D eigenvalue weighted by atomic mass is 32.2. The van der Waals surface area contributed by atoms with Gasteiger partial charge in [0.25, 0.3) is 10.0 Å². The molecular formula is C26H30N2O4S. The van der Waals surface area contributed by atoms with E-state index < -0.39 is 10.0 Å². The number of anilines is 1. The zero-order chi connectivity index (χ0) is 23.3. The molecule has 0 bridgehead atoms. The van der Waals surface area contributed by atoms with Crippen molar-refractivity contribution in [3.05, 3.63) is 83.9 Å². The van der Waals surface area contributed by atoms with Gasteiger partial charge in [0, 0.05) is 6.54 Å². The highest BCUT2D eigenvalue weighted by molar-refractivity contribution is 7.92. The predicted molar refractivity (Wildman–Crippen MR) is 130 cm³/mol. The third-order valence-electron chi connectivity index (χ3n) is 5.92. The Bertz CT molecular complexity index is 1160. The van der Waals surface area contributed by atoms with Gasteiger partial charge < -0.3 is 9.84 Å². The summed E-state index contributed by atoms with van der Waals surface area (Å²) in [6.45, 7) is 5.71. The molecule has 6 nitrogen and oxygen atoms in total. The molecule has 174 valence electrons. The molecular weight excluding hydrogens is 436 g/mol. The summed E-state index contributed by atoms with van der Waals surface area (Å²) in [6, 6.07) is 20.7. The fourth-order valence-corrected chi connectivity index (χ4v) is 5.50. The first-order chi connectivity index (χ1) is 15.9. The van der Waals surface area contributed by atoms with Crippen LogP contribution in [0.15, 0.2) is 77.7 Å². The number of hydrogen-bond acceptors (Lipinski definition) is 5. The molecule has 0 saturated carbocycles. The molecule has 33 heavy (non-hydrogen) atoms. The number of sulfonamides is 1. The Morgan fingerprint density at radius 3 is 2.33 bits per heavy atom. The van der Waals surface area contributed by atoms with Crippen LogP contribution in [0.4, 0.5) is 5.69 Å². The molecule has 0 amide bonds. The first-order valence-electron chi connectivity index (χ1n) is 11.2. The van der Waals surface area contributed by atoms with E-state index in [1.165, 1.54) is 17.1 Å². The van der Waals surface area contributed by atoms with Crippen molar-refractivity contribution in [2.24, 2.45) is 0 Å². The van der Waals surface area contributed by atoms with Gasteiger partial charge in [-0.1, -0.05) is 30.3 Å². The molecule has 0 unspecified atom stereocenters. The van der Waals surface area contributed by atoms with Crippen molar-refractivity contribution in [1.29, 1.82) is 0 Å². The number of hydrogen-bond donors (Lipinski definition) is 1. The molecule has 1 saturated heterocycles. The molecule has 1 aliphatic heterocycles. The largest absolute Gasteiger partial charge is 0.508 e. The second kappa shape index (κ2) is 10.3. The molecule has 7 heteroatoms. The van der Waals surface area contributed by atoms with Crippen LogP contribution in [-0.4, -0.2) is 44.7 Å². The molecule has 4 rings (SSSR count). The van der Waals surface area contributed by atoms with Crippen molar-refractivity contribution in [1.82, 2.24) is 4.90 Å². The summed E-state index contributed by atoms with van der Waals surface area (Å²) in [5, 5.41) is 9.85. The van der Waals surface area contributed by atoms with Gasteiger partial charge in [-0.25, -0.2) is 8.42 Å². The van der Waals surface area contributed by atoms with Crippen LogP contribution in [0.1, 0.15) is 24.0 Å². The summed E-state index contributed by atoms with van der Waals surface area (Å²) in [4.78, 5) is 2.62. The molecule has 0 aliphatic carbocycles. The topological polar surface area (TPSA) is 70.1 Å². The van der Waals surface area contributed by atoms with Crippen molar-refractivity contribution >= 4 is 15.7 Å². The Morgan fingerprint density at radius 1 is 0.970 bits per heavy atom. The van der Waals surface area contributed by atoms with Crippen LogP contribution in [0.3, 0.4) is 0 Å². The van der Waals surface area contributed by atoms with Gasteiger partial charge in [-0.3, -0.25) is 9.21 Å². The van der Waals surface area contributed by atoms with E-state index in [4.69, 9.17) is 4.74 Å². The average Bonchev–Trinajstić information content (AvgIpc) is 3.34. The van der Waals surface area contributed by atoms with Crippen LogP contribution in [-0.2, 0) is 16.6 Å². The highest BCUT2D eigenvalue weighted by Crippen LogP contribution is 2.29. The van der Waals surface area contributed by atoms with E-state index in [0.717, 1.165) is 30.9 Å². The monoisotopic (exact) mass is 466 g/mol. The summed E-state index contributed by atoms with van der Waals surface area (Å²) < 4.78 is 34.3. The maximum Gasteiger partial charge on any atom is 0.264 e. The van der Waals surface area contributed by atoms with E-state index in [2.05, 4.69) is 4.90 Å². The lowest BCUT2D eigenvalue weighted by molar-refractivity contribution is 0.238. The zero-order valence-corrected chi connectivity index (χ0v) is 19.7. The third kappa shape index (κ3) is 5.67. The van der Waals surface area contributed by atoms with E-state index in [9.17, 15) is 13.5 Å². The number of aromatic hydroxyl groups is 1. The first kappa shape index (κ1) is 23.1. The Hall–Kier alpha value is -3.03. The highest BCUT2D eigenvalue weighted by Gasteiger charge is 2.25. The number of aryl methyl sites for hydroxylation is 1. The van der Waals surface area contributed by atoms with Gasteiger partial charge in [-0.2, -0.15) is 0 Å². The number of nitrogens with zero attached hydrogens (tertiary/aromatic N) is 2. The normalized spacial score (nSPS) is 14.3. The number of benzene rings is 3. The van der Waals surface area contributed by atoms with Crippen LogP contribution in [0, 0.1) is 6.92 Å². The minimum Gasteiger partial charge on any atom is -0.508 e. The summed E-state index contributed by atoms with van der Waals surface area (Å²) in [5.74, 6) is 0.905. The molecule has 0 aromatic heterocycles. The first-order valence-corrected chi connectivity index (χ1v) is 12.7. The van der Waals surface area contributed by atoms with Crippen LogP contribution >= 0.6 is 0 Å². The Morgan fingerprint density at radius 2 is 1.67 bits per heavy atom. The van der Waals surface area contributed by atoms with E-state index >= 15 is 0 Å². The lowest BCUT2D eigenvalue weighted by Gasteiger charge is -2.25. The van der Waals surface area contributed by atoms with Gasteiger partial charge in [0.15, 0.2) is 0 Å². The lowest BCUT2D eigenvalue weighted by atomic mass is 10.1. The van der Waals surface area contributed by atoms with Gasteiger partial charge in [0.2, 0.25) is 0 Å².